The summed E-state index contributed by atoms with van der Waals surface area (Å²) in [6.45, 7) is 1.31. The summed E-state index contributed by atoms with van der Waals surface area (Å²) in [5.74, 6) is -0.419. The molecule has 1 amide bonds. The Morgan fingerprint density at radius 3 is 2.64 bits per heavy atom. The molecule has 3 N–H and O–H groups in total. The van der Waals surface area contributed by atoms with Crippen LogP contribution in [0, 0.1) is 0 Å². The number of rotatable bonds is 6. The summed E-state index contributed by atoms with van der Waals surface area (Å²) in [5, 5.41) is 9.45. The molecule has 10 heteroatoms. The predicted octanol–water partition coefficient (Wildman–Crippen LogP) is -0.534. The van der Waals surface area contributed by atoms with Gasteiger partial charge in [0.2, 0.25) is 5.91 Å². The van der Waals surface area contributed by atoms with Gasteiger partial charge in [0, 0.05) is 19.8 Å². The molecule has 0 fully saturated rings. The van der Waals surface area contributed by atoms with E-state index in [9.17, 15) is 19.2 Å². The zero-order chi connectivity index (χ0) is 18.2. The fourth-order valence-corrected chi connectivity index (χ4v) is 1.80. The predicted molar refractivity (Wildman–Crippen MR) is 87.3 cm³/mol. The number of ether oxygens (including phenoxy) is 1. The molecule has 2 rings (SSSR count). The summed E-state index contributed by atoms with van der Waals surface area (Å²) in [5.41, 5.74) is 1.72. The molecule has 130 valence electrons. The van der Waals surface area contributed by atoms with E-state index in [2.05, 4.69) is 20.7 Å². The number of hydrazone groups is 1. The minimum atomic E-state index is -0.706. The fourth-order valence-electron chi connectivity index (χ4n) is 1.80. The van der Waals surface area contributed by atoms with Gasteiger partial charge < -0.3 is 4.74 Å². The number of benzene rings is 1. The third-order valence-corrected chi connectivity index (χ3v) is 2.91. The largest absolute Gasteiger partial charge is 0.427 e. The second-order valence-corrected chi connectivity index (χ2v) is 4.91. The summed E-state index contributed by atoms with van der Waals surface area (Å²) in [6, 6.07) is 6.52. The van der Waals surface area contributed by atoms with Gasteiger partial charge in [0.25, 0.3) is 5.56 Å². The molecule has 0 spiro atoms. The van der Waals surface area contributed by atoms with Gasteiger partial charge in [0.15, 0.2) is 0 Å². The van der Waals surface area contributed by atoms with Gasteiger partial charge >= 0.3 is 11.7 Å². The number of nitrogens with zero attached hydrogens (tertiary/aromatic N) is 2. The lowest BCUT2D eigenvalue weighted by atomic mass is 10.2. The Kier molecular flexibility index (Phi) is 5.93. The van der Waals surface area contributed by atoms with Gasteiger partial charge in [-0.3, -0.25) is 19.4 Å². The van der Waals surface area contributed by atoms with Crippen LogP contribution >= 0.6 is 0 Å². The van der Waals surface area contributed by atoms with E-state index in [1.54, 1.807) is 24.3 Å². The SMILES string of the molecule is CC(=O)Oc1ccc(/C=N/NC(=O)CCc2n[nH]c(=O)[nH]c2=O)cc1. The summed E-state index contributed by atoms with van der Waals surface area (Å²) in [4.78, 5) is 46.7. The molecular weight excluding hydrogens is 330 g/mol. The monoisotopic (exact) mass is 345 g/mol. The average Bonchev–Trinajstić information content (AvgIpc) is 2.55. The first-order chi connectivity index (χ1) is 11.9. The lowest BCUT2D eigenvalue weighted by Gasteiger charge is -2.01. The van der Waals surface area contributed by atoms with Crippen molar-refractivity contribution in [2.45, 2.75) is 19.8 Å². The van der Waals surface area contributed by atoms with Gasteiger partial charge in [0.1, 0.15) is 11.4 Å². The van der Waals surface area contributed by atoms with Crippen LogP contribution in [0.2, 0.25) is 0 Å². The molecule has 10 nitrogen and oxygen atoms in total. The Bertz CT molecular complexity index is 898. The van der Waals surface area contributed by atoms with Crippen LogP contribution in [0.25, 0.3) is 0 Å². The molecule has 0 aliphatic heterocycles. The number of carbonyl (C=O) groups excluding carboxylic acids is 2. The third-order valence-electron chi connectivity index (χ3n) is 2.91. The maximum Gasteiger partial charge on any atom is 0.342 e. The Labute approximate surface area is 140 Å². The maximum atomic E-state index is 11.7. The first kappa shape index (κ1) is 17.8. The second kappa shape index (κ2) is 8.34. The highest BCUT2D eigenvalue weighted by molar-refractivity contribution is 5.82. The number of H-pyrrole nitrogens is 2. The number of hydrogen-bond acceptors (Lipinski definition) is 7. The van der Waals surface area contributed by atoms with Crippen molar-refractivity contribution in [1.29, 1.82) is 0 Å². The number of amides is 1. The van der Waals surface area contributed by atoms with Gasteiger partial charge in [-0.1, -0.05) is 0 Å². The normalized spacial score (nSPS) is 10.6. The van der Waals surface area contributed by atoms with Crippen LogP contribution in [0.4, 0.5) is 0 Å². The van der Waals surface area contributed by atoms with Crippen molar-refractivity contribution in [2.24, 2.45) is 5.10 Å². The molecule has 2 aromatic rings. The number of hydrogen-bond donors (Lipinski definition) is 3. The topological polar surface area (TPSA) is 146 Å². The fraction of sp³-hybridized carbons (Fsp3) is 0.200. The van der Waals surface area contributed by atoms with Gasteiger partial charge in [-0.2, -0.15) is 10.2 Å². The van der Waals surface area contributed by atoms with Crippen LogP contribution in [-0.2, 0) is 16.0 Å². The van der Waals surface area contributed by atoms with Crippen molar-refractivity contribution in [3.05, 3.63) is 56.4 Å². The summed E-state index contributed by atoms with van der Waals surface area (Å²) >= 11 is 0. The quantitative estimate of drug-likeness (QED) is 0.277. The van der Waals surface area contributed by atoms with E-state index in [0.717, 1.165) is 0 Å². The molecular formula is C15H15N5O5. The number of aromatic nitrogens is 3. The second-order valence-electron chi connectivity index (χ2n) is 4.91. The van der Waals surface area contributed by atoms with E-state index in [-0.39, 0.29) is 18.5 Å². The Morgan fingerprint density at radius 1 is 1.28 bits per heavy atom. The summed E-state index contributed by atoms with van der Waals surface area (Å²) in [6.07, 6.45) is 1.45. The molecule has 1 aromatic carbocycles. The Morgan fingerprint density at radius 2 is 2.00 bits per heavy atom. The smallest absolute Gasteiger partial charge is 0.342 e. The molecule has 0 atom stereocenters. The van der Waals surface area contributed by atoms with Crippen LogP contribution < -0.4 is 21.4 Å². The molecule has 0 unspecified atom stereocenters. The molecule has 0 radical (unpaired) electrons. The maximum absolute atomic E-state index is 11.7. The van der Waals surface area contributed by atoms with Crippen molar-refractivity contribution >= 4 is 18.1 Å². The number of aromatic amines is 2. The van der Waals surface area contributed by atoms with Crippen molar-refractivity contribution < 1.29 is 14.3 Å². The highest BCUT2D eigenvalue weighted by atomic mass is 16.5. The molecule has 0 saturated heterocycles. The van der Waals surface area contributed by atoms with Gasteiger partial charge in [-0.05, 0) is 29.8 Å². The van der Waals surface area contributed by atoms with Crippen molar-refractivity contribution in [1.82, 2.24) is 20.6 Å². The molecule has 1 heterocycles. The van der Waals surface area contributed by atoms with E-state index >= 15 is 0 Å². The van der Waals surface area contributed by atoms with Gasteiger partial charge in [0.05, 0.1) is 6.21 Å². The van der Waals surface area contributed by atoms with Gasteiger partial charge in [-0.25, -0.2) is 15.3 Å². The minimum Gasteiger partial charge on any atom is -0.427 e. The molecule has 25 heavy (non-hydrogen) atoms. The zero-order valence-electron chi connectivity index (χ0n) is 13.2. The molecule has 0 saturated carbocycles. The molecule has 0 aliphatic carbocycles. The highest BCUT2D eigenvalue weighted by Gasteiger charge is 2.06. The molecule has 1 aromatic heterocycles. The Hall–Kier alpha value is -3.56. The van der Waals surface area contributed by atoms with Crippen LogP contribution in [0.1, 0.15) is 24.6 Å². The first-order valence-corrected chi connectivity index (χ1v) is 7.22. The number of esters is 1. The van der Waals surface area contributed by atoms with Crippen molar-refractivity contribution in [3.63, 3.8) is 0 Å². The van der Waals surface area contributed by atoms with E-state index in [4.69, 9.17) is 4.74 Å². The average molecular weight is 345 g/mol. The van der Waals surface area contributed by atoms with E-state index < -0.39 is 23.1 Å². The molecule has 0 aliphatic rings. The standard InChI is InChI=1S/C15H15N5O5/c1-9(21)25-11-4-2-10(3-5-11)8-16-19-13(22)7-6-12-14(23)17-15(24)20-18-12/h2-5,8H,6-7H2,1H3,(H,19,22)(H2,17,20,23,24)/b16-8+. The number of nitrogens with one attached hydrogen (secondary N) is 3. The van der Waals surface area contributed by atoms with Crippen molar-refractivity contribution in [3.8, 4) is 5.75 Å². The minimum absolute atomic E-state index is 0.0230. The zero-order valence-corrected chi connectivity index (χ0v) is 13.2. The van der Waals surface area contributed by atoms with E-state index in [0.29, 0.717) is 11.3 Å². The number of aryl methyl sites for hydroxylation is 1. The highest BCUT2D eigenvalue weighted by Crippen LogP contribution is 2.11. The third kappa shape index (κ3) is 5.86. The van der Waals surface area contributed by atoms with E-state index in [1.165, 1.54) is 13.1 Å². The summed E-state index contributed by atoms with van der Waals surface area (Å²) in [7, 11) is 0. The van der Waals surface area contributed by atoms with Gasteiger partial charge in [-0.15, -0.1) is 0 Å². The number of carbonyl (C=O) groups is 2. The van der Waals surface area contributed by atoms with Crippen LogP contribution in [-0.4, -0.2) is 33.3 Å². The lowest BCUT2D eigenvalue weighted by Crippen LogP contribution is -2.28. The first-order valence-electron chi connectivity index (χ1n) is 7.22. The van der Waals surface area contributed by atoms with Crippen molar-refractivity contribution in [2.75, 3.05) is 0 Å². The molecule has 0 bridgehead atoms. The lowest BCUT2D eigenvalue weighted by molar-refractivity contribution is -0.131. The van der Waals surface area contributed by atoms with Crippen LogP contribution in [0.15, 0.2) is 39.0 Å². The summed E-state index contributed by atoms with van der Waals surface area (Å²) < 4.78 is 4.89. The van der Waals surface area contributed by atoms with E-state index in [1.807, 2.05) is 4.98 Å². The van der Waals surface area contributed by atoms with Crippen LogP contribution in [0.3, 0.4) is 0 Å². The van der Waals surface area contributed by atoms with Crippen LogP contribution in [0.5, 0.6) is 5.75 Å². The Balaban J connectivity index is 1.82.